The molecule has 4 heteroatoms. The number of benzene rings is 6. The van der Waals surface area contributed by atoms with E-state index in [1.807, 2.05) is 6.08 Å². The number of hydrogen-bond donors (Lipinski definition) is 1. The summed E-state index contributed by atoms with van der Waals surface area (Å²) in [5.74, 6) is 2.53. The van der Waals surface area contributed by atoms with E-state index >= 15 is 0 Å². The van der Waals surface area contributed by atoms with Crippen molar-refractivity contribution in [2.45, 2.75) is 137 Å². The first-order chi connectivity index (χ1) is 29.0. The lowest BCUT2D eigenvalue weighted by Crippen LogP contribution is -2.34. The fraction of sp³-hybridized carbons (Fsp3) is 0.386. The highest BCUT2D eigenvalue weighted by atomic mass is 16.6. The van der Waals surface area contributed by atoms with Crippen LogP contribution >= 0.6 is 0 Å². The molecule has 6 aromatic carbocycles. The number of aliphatic hydroxyl groups excluding tert-OH is 1. The molecule has 1 fully saturated rings. The van der Waals surface area contributed by atoms with Crippen LogP contribution in [0.3, 0.4) is 0 Å². The Hall–Kier alpha value is -5.19. The van der Waals surface area contributed by atoms with Gasteiger partial charge in [0.05, 0.1) is 0 Å². The van der Waals surface area contributed by atoms with E-state index in [1.54, 1.807) is 0 Å². The van der Waals surface area contributed by atoms with Crippen molar-refractivity contribution in [1.29, 1.82) is 0 Å². The number of ketones is 1. The zero-order valence-electron chi connectivity index (χ0n) is 38.4. The van der Waals surface area contributed by atoms with Gasteiger partial charge in [0.1, 0.15) is 18.1 Å². The molecule has 0 aromatic heterocycles. The predicted octanol–water partition coefficient (Wildman–Crippen LogP) is 14.9. The lowest BCUT2D eigenvalue weighted by molar-refractivity contribution is -0.116. The molecule has 2 atom stereocenters. The maximum Gasteiger partial charge on any atom is 0.236 e. The maximum atomic E-state index is 14.0. The highest BCUT2D eigenvalue weighted by Gasteiger charge is 2.69. The Morgan fingerprint density at radius 3 is 1.54 bits per heavy atom. The van der Waals surface area contributed by atoms with Crippen LogP contribution in [-0.2, 0) is 11.2 Å². The molecule has 0 amide bonds. The molecule has 4 nitrogen and oxygen atoms in total. The molecule has 1 aliphatic carbocycles. The molecule has 2 unspecified atom stereocenters. The minimum absolute atomic E-state index is 0.114. The molecule has 1 N–H and O–H groups in total. The Morgan fingerprint density at radius 1 is 0.607 bits per heavy atom. The maximum absolute atomic E-state index is 14.0. The van der Waals surface area contributed by atoms with Gasteiger partial charge in [-0.2, -0.15) is 0 Å². The topological polar surface area (TPSA) is 55.8 Å². The first-order valence-corrected chi connectivity index (χ1v) is 22.7. The molecule has 1 heterocycles. The van der Waals surface area contributed by atoms with Gasteiger partial charge in [-0.3, -0.25) is 4.79 Å². The third-order valence-corrected chi connectivity index (χ3v) is 13.3. The Morgan fingerprint density at radius 2 is 1.07 bits per heavy atom. The zero-order chi connectivity index (χ0) is 43.8. The van der Waals surface area contributed by atoms with Crippen molar-refractivity contribution < 1.29 is 19.4 Å². The van der Waals surface area contributed by atoms with Crippen LogP contribution in [0.15, 0.2) is 91.5 Å². The minimum atomic E-state index is -1.55. The Labute approximate surface area is 364 Å². The van der Waals surface area contributed by atoms with Gasteiger partial charge in [0.2, 0.25) is 11.4 Å². The number of carbonyl (C=O) groups is 1. The first kappa shape index (κ1) is 42.5. The summed E-state index contributed by atoms with van der Waals surface area (Å²) in [6.07, 6.45) is 1.39. The van der Waals surface area contributed by atoms with Gasteiger partial charge in [-0.1, -0.05) is 156 Å². The fourth-order valence-corrected chi connectivity index (χ4v) is 9.68. The molecular weight excluding hydrogens is 749 g/mol. The number of hydrogen-bond acceptors (Lipinski definition) is 4. The Balaban J connectivity index is 1.63. The largest absolute Gasteiger partial charge is 0.487 e. The van der Waals surface area contributed by atoms with Crippen molar-refractivity contribution in [1.82, 2.24) is 0 Å². The van der Waals surface area contributed by atoms with Gasteiger partial charge in [0.25, 0.3) is 0 Å². The average Bonchev–Trinajstić information content (AvgIpc) is 3.73. The van der Waals surface area contributed by atoms with Crippen molar-refractivity contribution in [3.05, 3.63) is 130 Å². The lowest BCUT2D eigenvalue weighted by Gasteiger charge is -2.32. The lowest BCUT2D eigenvalue weighted by atomic mass is 9.78. The van der Waals surface area contributed by atoms with Crippen molar-refractivity contribution in [3.63, 3.8) is 0 Å². The number of ether oxygens (including phenoxy) is 2. The molecule has 1 saturated carbocycles. The zero-order valence-corrected chi connectivity index (χ0v) is 38.4. The second-order valence-electron chi connectivity index (χ2n) is 19.6. The molecule has 8 rings (SSSR count). The van der Waals surface area contributed by atoms with Crippen molar-refractivity contribution in [2.75, 3.05) is 6.61 Å². The van der Waals surface area contributed by atoms with Gasteiger partial charge in [-0.05, 0) is 126 Å². The van der Waals surface area contributed by atoms with Gasteiger partial charge in [-0.25, -0.2) is 0 Å². The second kappa shape index (κ2) is 15.9. The second-order valence-corrected chi connectivity index (χ2v) is 19.6. The highest BCUT2D eigenvalue weighted by molar-refractivity contribution is 6.16. The molecule has 0 bridgehead atoms. The third-order valence-electron chi connectivity index (χ3n) is 13.3. The molecule has 0 saturated heterocycles. The van der Waals surface area contributed by atoms with Crippen molar-refractivity contribution in [3.8, 4) is 44.9 Å². The van der Waals surface area contributed by atoms with Crippen LogP contribution in [0.4, 0.5) is 0 Å². The van der Waals surface area contributed by atoms with E-state index in [0.717, 1.165) is 55.8 Å². The predicted molar refractivity (Wildman–Crippen MR) is 256 cm³/mol. The van der Waals surface area contributed by atoms with Crippen molar-refractivity contribution in [2.24, 2.45) is 0 Å². The monoisotopic (exact) mass is 812 g/mol. The van der Waals surface area contributed by atoms with Crippen LogP contribution in [-0.4, -0.2) is 29.2 Å². The molecule has 61 heavy (non-hydrogen) atoms. The summed E-state index contributed by atoms with van der Waals surface area (Å²) in [6.45, 7) is 31.2. The molecule has 1 spiro atoms. The number of aliphatic hydroxyl groups is 1. The summed E-state index contributed by atoms with van der Waals surface area (Å²) in [6, 6.07) is 29.4. The fourth-order valence-electron chi connectivity index (χ4n) is 9.68. The normalized spacial score (nSPS) is 17.4. The van der Waals surface area contributed by atoms with E-state index < -0.39 is 11.7 Å². The van der Waals surface area contributed by atoms with Gasteiger partial charge in [0, 0.05) is 22.3 Å². The molecule has 1 aliphatic heterocycles. The quantitative estimate of drug-likeness (QED) is 0.140. The number of fused-ring (bicyclic) bond motifs is 7. The summed E-state index contributed by atoms with van der Waals surface area (Å²) < 4.78 is 14.4. The van der Waals surface area contributed by atoms with E-state index in [1.165, 1.54) is 44.5 Å². The number of carbonyl (C=O) groups excluding carboxylic acids is 1. The van der Waals surface area contributed by atoms with Crippen molar-refractivity contribution >= 4 is 27.3 Å². The smallest absolute Gasteiger partial charge is 0.236 e. The molecule has 0 radical (unpaired) electrons. The van der Waals surface area contributed by atoms with E-state index in [-0.39, 0.29) is 36.1 Å². The van der Waals surface area contributed by atoms with E-state index in [2.05, 4.69) is 169 Å². The van der Waals surface area contributed by atoms with Gasteiger partial charge >= 0.3 is 0 Å². The number of rotatable bonds is 10. The molecule has 6 aromatic rings. The minimum Gasteiger partial charge on any atom is -0.487 e. The van der Waals surface area contributed by atoms with E-state index in [9.17, 15) is 9.90 Å². The summed E-state index contributed by atoms with van der Waals surface area (Å²) in [7, 11) is 0. The highest BCUT2D eigenvalue weighted by Crippen LogP contribution is 2.58. The van der Waals surface area contributed by atoms with Crippen LogP contribution in [0.1, 0.15) is 158 Å². The Kier molecular flexibility index (Phi) is 11.1. The summed E-state index contributed by atoms with van der Waals surface area (Å²) in [5.41, 5.74) is 13.3. The summed E-state index contributed by atoms with van der Waals surface area (Å²) in [4.78, 5) is 14.0. The summed E-state index contributed by atoms with van der Waals surface area (Å²) in [5, 5.41) is 15.7. The molecule has 2 aliphatic rings. The van der Waals surface area contributed by atoms with Gasteiger partial charge in [0.15, 0.2) is 6.10 Å². The van der Waals surface area contributed by atoms with Crippen LogP contribution in [0.25, 0.3) is 54.9 Å². The van der Waals surface area contributed by atoms with Gasteiger partial charge in [-0.15, -0.1) is 6.58 Å². The van der Waals surface area contributed by atoms with Gasteiger partial charge < -0.3 is 14.6 Å². The average molecular weight is 813 g/mol. The van der Waals surface area contributed by atoms with Crippen LogP contribution in [0.2, 0.25) is 0 Å². The number of Topliss-reactive ketones (excluding diaryl/α,β-unsaturated/α-hetero) is 1. The first-order valence-electron chi connectivity index (χ1n) is 22.7. The molecular formula is C57H64O4. The van der Waals surface area contributed by atoms with E-state index in [0.29, 0.717) is 23.3 Å². The van der Waals surface area contributed by atoms with E-state index in [4.69, 9.17) is 9.47 Å². The SMILES string of the molecule is C=CCc1ccc2c3c(c(-c4c(C(C)C)cc(C(C)C)cc4C(C)C)cc2c1)OCC1(Oc2c(-c4c(C(C)C)cc(C(C)C)cc4C(C)C)cc4ccccc4c2-3)C(=O)C1O. The Bertz CT molecular complexity index is 2670. The van der Waals surface area contributed by atoms with Crippen LogP contribution in [0.5, 0.6) is 11.5 Å². The standard InChI is InChI=1S/C57H64O4/c1-14-17-36-20-21-42-40(22-36)28-47(49-43(32(6)7)24-38(30(2)3)25-44(49)33(8)9)53-51(42)52-41-19-16-15-18-37(41)23-48(54(52)61-57(29-60-53)55(58)56(57)59)50-45(34(10)11)26-39(31(4)5)27-46(50)35(12)13/h14-16,18-28,30-35,55,58H,1,17,29H2,2-13H3. The number of allylic oxidation sites excluding steroid dienone is 1. The molecule has 316 valence electrons. The third kappa shape index (κ3) is 7.09. The van der Waals surface area contributed by atoms with Crippen LogP contribution in [0, 0.1) is 0 Å². The summed E-state index contributed by atoms with van der Waals surface area (Å²) >= 11 is 0. The van der Waals surface area contributed by atoms with Crippen LogP contribution < -0.4 is 9.47 Å².